The Morgan fingerprint density at radius 3 is 2.67 bits per heavy atom. The molecule has 1 heterocycles. The highest BCUT2D eigenvalue weighted by molar-refractivity contribution is 6.10. The summed E-state index contributed by atoms with van der Waals surface area (Å²) < 4.78 is 0. The third-order valence-corrected chi connectivity index (χ3v) is 4.99. The van der Waals surface area contributed by atoms with Crippen LogP contribution in [0.1, 0.15) is 64.0 Å². The number of anilines is 2. The normalized spacial score (nSPS) is 20.2. The van der Waals surface area contributed by atoms with Crippen molar-refractivity contribution in [2.24, 2.45) is 10.9 Å². The Balaban J connectivity index is 1.84. The van der Waals surface area contributed by atoms with E-state index in [1.807, 2.05) is 12.3 Å². The van der Waals surface area contributed by atoms with Crippen molar-refractivity contribution in [1.82, 2.24) is 9.97 Å². The van der Waals surface area contributed by atoms with Crippen molar-refractivity contribution in [3.8, 4) is 0 Å². The van der Waals surface area contributed by atoms with Gasteiger partial charge >= 0.3 is 0 Å². The van der Waals surface area contributed by atoms with Crippen LogP contribution in [0.25, 0.3) is 5.57 Å². The minimum atomic E-state index is 0.326. The van der Waals surface area contributed by atoms with Gasteiger partial charge in [0.15, 0.2) is 0 Å². The third kappa shape index (κ3) is 4.56. The number of aliphatic imine (C=N–C) groups is 1. The molecule has 0 atom stereocenters. The Bertz CT molecular complexity index is 625. The summed E-state index contributed by atoms with van der Waals surface area (Å²) in [6, 6.07) is 2.53. The van der Waals surface area contributed by atoms with Crippen LogP contribution in [0.2, 0.25) is 0 Å². The lowest BCUT2D eigenvalue weighted by molar-refractivity contribution is 0.462. The van der Waals surface area contributed by atoms with Crippen LogP contribution in [0, 0.1) is 5.92 Å². The van der Waals surface area contributed by atoms with Crippen LogP contribution in [0.3, 0.4) is 0 Å². The summed E-state index contributed by atoms with van der Waals surface area (Å²) in [5.74, 6) is 2.00. The summed E-state index contributed by atoms with van der Waals surface area (Å²) in [4.78, 5) is 13.1. The molecule has 0 saturated heterocycles. The molecule has 130 valence electrons. The fourth-order valence-corrected chi connectivity index (χ4v) is 3.52. The molecule has 0 aromatic carbocycles. The molecule has 0 radical (unpaired) electrons. The zero-order chi connectivity index (χ0) is 16.9. The van der Waals surface area contributed by atoms with Gasteiger partial charge in [-0.25, -0.2) is 4.98 Å². The number of aromatic nitrogens is 2. The maximum Gasteiger partial charge on any atom is 0.222 e. The Hall–Kier alpha value is -1.91. The fraction of sp³-hybridized carbons (Fsp3) is 0.632. The third-order valence-electron chi connectivity index (χ3n) is 4.99. The van der Waals surface area contributed by atoms with Crippen LogP contribution in [-0.4, -0.2) is 29.3 Å². The van der Waals surface area contributed by atoms with E-state index in [4.69, 9.17) is 5.73 Å². The lowest BCUT2D eigenvalue weighted by Gasteiger charge is -2.23. The molecule has 5 nitrogen and oxygen atoms in total. The van der Waals surface area contributed by atoms with E-state index in [2.05, 4.69) is 27.2 Å². The van der Waals surface area contributed by atoms with E-state index in [9.17, 15) is 0 Å². The van der Waals surface area contributed by atoms with E-state index in [-0.39, 0.29) is 0 Å². The molecule has 0 aliphatic heterocycles. The quantitative estimate of drug-likeness (QED) is 0.772. The summed E-state index contributed by atoms with van der Waals surface area (Å²) in [7, 11) is 1.80. The molecule has 2 aliphatic carbocycles. The summed E-state index contributed by atoms with van der Waals surface area (Å²) in [6.07, 6.45) is 12.1. The van der Waals surface area contributed by atoms with Crippen LogP contribution >= 0.6 is 0 Å². The molecule has 2 saturated carbocycles. The SMILES string of the molecule is CN=C/C(=C(\C)CC1CC1)c1cc(NC2CCCCC2)nc(N)n1. The highest BCUT2D eigenvalue weighted by Crippen LogP contribution is 2.37. The first-order valence-corrected chi connectivity index (χ1v) is 9.19. The van der Waals surface area contributed by atoms with Crippen molar-refractivity contribution in [3.63, 3.8) is 0 Å². The molecule has 2 fully saturated rings. The minimum absolute atomic E-state index is 0.326. The maximum absolute atomic E-state index is 5.98. The lowest BCUT2D eigenvalue weighted by atomic mass is 9.95. The summed E-state index contributed by atoms with van der Waals surface area (Å²) in [5, 5.41) is 3.55. The molecular weight excluding hydrogens is 298 g/mol. The van der Waals surface area contributed by atoms with E-state index < -0.39 is 0 Å². The molecule has 0 bridgehead atoms. The number of nitrogen functional groups attached to an aromatic ring is 1. The molecule has 1 aromatic rings. The van der Waals surface area contributed by atoms with Crippen molar-refractivity contribution in [2.75, 3.05) is 18.1 Å². The molecular formula is C19H29N5. The first-order chi connectivity index (χ1) is 11.7. The average Bonchev–Trinajstić information content (AvgIpc) is 3.36. The van der Waals surface area contributed by atoms with Crippen molar-refractivity contribution in [1.29, 1.82) is 0 Å². The molecule has 0 spiro atoms. The second kappa shape index (κ2) is 7.77. The molecule has 24 heavy (non-hydrogen) atoms. The van der Waals surface area contributed by atoms with Crippen molar-refractivity contribution >= 4 is 23.6 Å². The fourth-order valence-electron chi connectivity index (χ4n) is 3.52. The number of nitrogens with two attached hydrogens (primary N) is 1. The van der Waals surface area contributed by atoms with Crippen LogP contribution in [0.5, 0.6) is 0 Å². The predicted octanol–water partition coefficient (Wildman–Crippen LogP) is 4.08. The van der Waals surface area contributed by atoms with Gasteiger partial charge in [-0.15, -0.1) is 0 Å². The zero-order valence-corrected chi connectivity index (χ0v) is 14.9. The highest BCUT2D eigenvalue weighted by Gasteiger charge is 2.23. The first kappa shape index (κ1) is 16.9. The molecule has 5 heteroatoms. The first-order valence-electron chi connectivity index (χ1n) is 9.19. The second-order valence-electron chi connectivity index (χ2n) is 7.20. The van der Waals surface area contributed by atoms with Gasteiger partial charge in [0.05, 0.1) is 5.69 Å². The molecule has 3 rings (SSSR count). The van der Waals surface area contributed by atoms with Crippen LogP contribution < -0.4 is 11.1 Å². The molecule has 0 unspecified atom stereocenters. The number of hydrogen-bond donors (Lipinski definition) is 2. The topological polar surface area (TPSA) is 76.2 Å². The van der Waals surface area contributed by atoms with E-state index in [1.54, 1.807) is 7.05 Å². The molecule has 0 amide bonds. The van der Waals surface area contributed by atoms with Crippen molar-refractivity contribution < 1.29 is 0 Å². The van der Waals surface area contributed by atoms with Crippen molar-refractivity contribution in [2.45, 2.75) is 64.3 Å². The van der Waals surface area contributed by atoms with Gasteiger partial charge in [0.25, 0.3) is 0 Å². The van der Waals surface area contributed by atoms with Gasteiger partial charge in [0.2, 0.25) is 5.95 Å². The number of rotatable bonds is 6. The Labute approximate surface area is 144 Å². The summed E-state index contributed by atoms with van der Waals surface area (Å²) in [6.45, 7) is 2.18. The van der Waals surface area contributed by atoms with E-state index in [0.29, 0.717) is 12.0 Å². The second-order valence-corrected chi connectivity index (χ2v) is 7.20. The highest BCUT2D eigenvalue weighted by atomic mass is 15.1. The number of hydrogen-bond acceptors (Lipinski definition) is 5. The van der Waals surface area contributed by atoms with Gasteiger partial charge in [-0.05, 0) is 44.9 Å². The Morgan fingerprint density at radius 2 is 2.00 bits per heavy atom. The van der Waals surface area contributed by atoms with Gasteiger partial charge in [-0.3, -0.25) is 4.99 Å². The number of nitrogens with one attached hydrogen (secondary N) is 1. The summed E-state index contributed by atoms with van der Waals surface area (Å²) in [5.41, 5.74) is 9.29. The van der Waals surface area contributed by atoms with Gasteiger partial charge < -0.3 is 11.1 Å². The standard InChI is InChI=1S/C19H29N5/c1-13(10-14-8-9-14)16(12-21-2)17-11-18(24-19(20)23-17)22-15-6-4-3-5-7-15/h11-12,14-15H,3-10H2,1-2H3,(H3,20,22,23,24)/b16-13-,21-12?. The minimum Gasteiger partial charge on any atom is -0.368 e. The monoisotopic (exact) mass is 327 g/mol. The Kier molecular flexibility index (Phi) is 5.48. The van der Waals surface area contributed by atoms with Crippen LogP contribution in [0.4, 0.5) is 11.8 Å². The zero-order valence-electron chi connectivity index (χ0n) is 14.9. The molecule has 3 N–H and O–H groups in total. The van der Waals surface area contributed by atoms with E-state index in [0.717, 1.165) is 29.4 Å². The lowest BCUT2D eigenvalue weighted by Crippen LogP contribution is -2.23. The smallest absolute Gasteiger partial charge is 0.222 e. The van der Waals surface area contributed by atoms with Gasteiger partial charge in [0.1, 0.15) is 5.82 Å². The predicted molar refractivity (Wildman–Crippen MR) is 101 cm³/mol. The Morgan fingerprint density at radius 1 is 1.25 bits per heavy atom. The number of nitrogens with zero attached hydrogens (tertiary/aromatic N) is 3. The van der Waals surface area contributed by atoms with Gasteiger partial charge in [-0.2, -0.15) is 4.98 Å². The van der Waals surface area contributed by atoms with Gasteiger partial charge in [0, 0.05) is 30.9 Å². The van der Waals surface area contributed by atoms with Crippen LogP contribution in [-0.2, 0) is 0 Å². The van der Waals surface area contributed by atoms with E-state index in [1.165, 1.54) is 50.5 Å². The molecule has 2 aliphatic rings. The van der Waals surface area contributed by atoms with Crippen LogP contribution in [0.15, 0.2) is 16.6 Å². The number of allylic oxidation sites excluding steroid dienone is 2. The summed E-state index contributed by atoms with van der Waals surface area (Å²) >= 11 is 0. The van der Waals surface area contributed by atoms with Gasteiger partial charge in [-0.1, -0.05) is 24.8 Å². The average molecular weight is 327 g/mol. The molecule has 1 aromatic heterocycles. The maximum atomic E-state index is 5.98. The van der Waals surface area contributed by atoms with Crippen molar-refractivity contribution in [3.05, 3.63) is 17.3 Å². The largest absolute Gasteiger partial charge is 0.368 e. The van der Waals surface area contributed by atoms with E-state index >= 15 is 0 Å².